The van der Waals surface area contributed by atoms with Crippen molar-refractivity contribution in [3.8, 4) is 11.5 Å². The fourth-order valence-electron chi connectivity index (χ4n) is 3.22. The predicted octanol–water partition coefficient (Wildman–Crippen LogP) is 3.74. The molecule has 0 saturated heterocycles. The number of nitrogens with zero attached hydrogens (tertiary/aromatic N) is 1. The molecule has 2 aliphatic rings. The fraction of sp³-hybridized carbons (Fsp3) is 0.400. The van der Waals surface area contributed by atoms with Gasteiger partial charge in [-0.1, -0.05) is 0 Å². The second-order valence-electron chi connectivity index (χ2n) is 6.98. The van der Waals surface area contributed by atoms with Gasteiger partial charge in [-0.2, -0.15) is 0 Å². The average molecular weight is 353 g/mol. The van der Waals surface area contributed by atoms with Gasteiger partial charge in [-0.25, -0.2) is 4.79 Å². The second-order valence-corrected chi connectivity index (χ2v) is 6.98. The lowest BCUT2D eigenvalue weighted by Crippen LogP contribution is -2.34. The summed E-state index contributed by atoms with van der Waals surface area (Å²) in [6, 6.07) is 7.42. The maximum absolute atomic E-state index is 12.6. The number of nitrogens with one attached hydrogen (secondary N) is 2. The zero-order chi connectivity index (χ0) is 18.1. The van der Waals surface area contributed by atoms with E-state index in [4.69, 9.17) is 9.47 Å². The monoisotopic (exact) mass is 353 g/mol. The van der Waals surface area contributed by atoms with Crippen LogP contribution in [0.5, 0.6) is 11.5 Å². The molecule has 1 saturated carbocycles. The van der Waals surface area contributed by atoms with Crippen LogP contribution >= 0.6 is 0 Å². The van der Waals surface area contributed by atoms with Crippen LogP contribution in [0.2, 0.25) is 0 Å². The average Bonchev–Trinajstić information content (AvgIpc) is 3.45. The first kappa shape index (κ1) is 16.7. The van der Waals surface area contributed by atoms with Crippen LogP contribution in [-0.2, 0) is 0 Å². The van der Waals surface area contributed by atoms with E-state index in [9.17, 15) is 4.79 Å². The van der Waals surface area contributed by atoms with Crippen molar-refractivity contribution in [1.29, 1.82) is 0 Å². The molecule has 4 rings (SSSR count). The van der Waals surface area contributed by atoms with Crippen molar-refractivity contribution in [2.45, 2.75) is 32.7 Å². The van der Waals surface area contributed by atoms with Gasteiger partial charge in [0.05, 0.1) is 11.7 Å². The highest BCUT2D eigenvalue weighted by molar-refractivity contribution is 5.91. The smallest absolute Gasteiger partial charge is 0.319 e. The lowest BCUT2D eigenvalue weighted by Gasteiger charge is -2.22. The van der Waals surface area contributed by atoms with Crippen LogP contribution in [0.25, 0.3) is 0 Å². The Bertz CT molecular complexity index is 833. The molecule has 2 N–H and O–H groups in total. The summed E-state index contributed by atoms with van der Waals surface area (Å²) in [5.41, 5.74) is 3.71. The van der Waals surface area contributed by atoms with Gasteiger partial charge < -0.3 is 20.1 Å². The van der Waals surface area contributed by atoms with Crippen molar-refractivity contribution >= 4 is 11.7 Å². The minimum Gasteiger partial charge on any atom is -0.486 e. The van der Waals surface area contributed by atoms with E-state index < -0.39 is 0 Å². The highest BCUT2D eigenvalue weighted by Gasteiger charge is 2.34. The summed E-state index contributed by atoms with van der Waals surface area (Å²) >= 11 is 0. The summed E-state index contributed by atoms with van der Waals surface area (Å²) in [6.07, 6.45) is 4.03. The van der Waals surface area contributed by atoms with E-state index >= 15 is 0 Å². The largest absolute Gasteiger partial charge is 0.486 e. The number of hydrogen-bond donors (Lipinski definition) is 2. The summed E-state index contributed by atoms with van der Waals surface area (Å²) in [7, 11) is 0. The van der Waals surface area contributed by atoms with E-state index in [2.05, 4.69) is 15.6 Å². The number of fused-ring (bicyclic) bond motifs is 1. The highest BCUT2D eigenvalue weighted by atomic mass is 16.6. The normalized spacial score (nSPS) is 16.7. The summed E-state index contributed by atoms with van der Waals surface area (Å²) in [6.45, 7) is 5.04. The van der Waals surface area contributed by atoms with Crippen molar-refractivity contribution in [3.05, 3.63) is 47.3 Å². The van der Waals surface area contributed by atoms with Gasteiger partial charge in [-0.3, -0.25) is 4.98 Å². The zero-order valence-electron chi connectivity index (χ0n) is 15.0. The number of carbonyl (C=O) groups is 1. The number of pyridine rings is 1. The highest BCUT2D eigenvalue weighted by Crippen LogP contribution is 2.41. The van der Waals surface area contributed by atoms with Crippen LogP contribution in [-0.4, -0.2) is 24.2 Å². The Morgan fingerprint density at radius 1 is 1.15 bits per heavy atom. The van der Waals surface area contributed by atoms with Crippen LogP contribution in [0.3, 0.4) is 0 Å². The Morgan fingerprint density at radius 2 is 1.88 bits per heavy atom. The Labute approximate surface area is 152 Å². The molecule has 1 aromatic heterocycles. The first-order chi connectivity index (χ1) is 12.6. The summed E-state index contributed by atoms with van der Waals surface area (Å²) < 4.78 is 11.2. The minimum absolute atomic E-state index is 0.0626. The van der Waals surface area contributed by atoms with Crippen LogP contribution in [0.1, 0.15) is 35.7 Å². The third-order valence-electron chi connectivity index (χ3n) is 4.77. The zero-order valence-corrected chi connectivity index (χ0v) is 15.0. The van der Waals surface area contributed by atoms with Gasteiger partial charge in [-0.15, -0.1) is 0 Å². The molecule has 1 unspecified atom stereocenters. The number of carbonyl (C=O) groups excluding carboxylic acids is 1. The first-order valence-corrected chi connectivity index (χ1v) is 9.00. The number of amides is 2. The molecule has 2 heterocycles. The number of anilines is 1. The van der Waals surface area contributed by atoms with Crippen molar-refractivity contribution < 1.29 is 14.3 Å². The maximum Gasteiger partial charge on any atom is 0.319 e. The van der Waals surface area contributed by atoms with Gasteiger partial charge in [0.1, 0.15) is 13.2 Å². The standard InChI is InChI=1S/C20H23N3O3/c1-12-5-6-21-16(9-12)19(14-3-4-14)23-20(24)22-15-11-18-17(10-13(15)2)25-7-8-26-18/h5-6,9-11,14,19H,3-4,7-8H2,1-2H3,(H2,22,23,24). The number of aromatic nitrogens is 1. The molecule has 1 aromatic carbocycles. The minimum atomic E-state index is -0.231. The van der Waals surface area contributed by atoms with Gasteiger partial charge in [0, 0.05) is 18.0 Å². The first-order valence-electron chi connectivity index (χ1n) is 9.00. The SMILES string of the molecule is Cc1ccnc(C(NC(=O)Nc2cc3c(cc2C)OCCO3)C2CC2)c1. The number of ether oxygens (including phenoxy) is 2. The van der Waals surface area contributed by atoms with E-state index in [0.29, 0.717) is 24.9 Å². The molecule has 136 valence electrons. The second kappa shape index (κ2) is 6.86. The fourth-order valence-corrected chi connectivity index (χ4v) is 3.22. The van der Waals surface area contributed by atoms with E-state index in [1.54, 1.807) is 6.20 Å². The van der Waals surface area contributed by atoms with E-state index in [1.165, 1.54) is 0 Å². The quantitative estimate of drug-likeness (QED) is 0.878. The number of benzene rings is 1. The maximum atomic E-state index is 12.6. The Morgan fingerprint density at radius 3 is 2.58 bits per heavy atom. The summed E-state index contributed by atoms with van der Waals surface area (Å²) in [4.78, 5) is 17.1. The molecule has 1 fully saturated rings. The van der Waals surface area contributed by atoms with Crippen LogP contribution < -0.4 is 20.1 Å². The third-order valence-corrected chi connectivity index (χ3v) is 4.77. The van der Waals surface area contributed by atoms with Gasteiger partial charge in [0.15, 0.2) is 11.5 Å². The molecule has 2 aromatic rings. The molecule has 0 spiro atoms. The van der Waals surface area contributed by atoms with Crippen LogP contribution in [0.15, 0.2) is 30.5 Å². The Hall–Kier alpha value is -2.76. The number of aryl methyl sites for hydroxylation is 2. The van der Waals surface area contributed by atoms with E-state index in [-0.39, 0.29) is 12.1 Å². The molecule has 0 bridgehead atoms. The van der Waals surface area contributed by atoms with Crippen molar-refractivity contribution in [2.75, 3.05) is 18.5 Å². The molecule has 2 amide bonds. The Balaban J connectivity index is 1.49. The topological polar surface area (TPSA) is 72.5 Å². The van der Waals surface area contributed by atoms with Gasteiger partial charge in [0.25, 0.3) is 0 Å². The third kappa shape index (κ3) is 3.59. The van der Waals surface area contributed by atoms with Crippen LogP contribution in [0.4, 0.5) is 10.5 Å². The Kier molecular flexibility index (Phi) is 4.41. The summed E-state index contributed by atoms with van der Waals surface area (Å²) in [5.74, 6) is 1.84. The van der Waals surface area contributed by atoms with Crippen molar-refractivity contribution in [1.82, 2.24) is 10.3 Å². The molecule has 0 radical (unpaired) electrons. The molecular weight excluding hydrogens is 330 g/mol. The van der Waals surface area contributed by atoms with Gasteiger partial charge >= 0.3 is 6.03 Å². The summed E-state index contributed by atoms with van der Waals surface area (Å²) in [5, 5.41) is 6.04. The van der Waals surface area contributed by atoms with E-state index in [0.717, 1.165) is 41.1 Å². The number of hydrogen-bond acceptors (Lipinski definition) is 4. The van der Waals surface area contributed by atoms with Gasteiger partial charge in [0.2, 0.25) is 0 Å². The predicted molar refractivity (Wildman–Crippen MR) is 98.8 cm³/mol. The molecular formula is C20H23N3O3. The molecule has 1 atom stereocenters. The lowest BCUT2D eigenvalue weighted by molar-refractivity contribution is 0.171. The number of rotatable bonds is 4. The van der Waals surface area contributed by atoms with Crippen molar-refractivity contribution in [3.63, 3.8) is 0 Å². The lowest BCUT2D eigenvalue weighted by atomic mass is 10.1. The van der Waals surface area contributed by atoms with Crippen LogP contribution in [0, 0.1) is 19.8 Å². The molecule has 6 heteroatoms. The van der Waals surface area contributed by atoms with Gasteiger partial charge in [-0.05, 0) is 61.9 Å². The molecule has 6 nitrogen and oxygen atoms in total. The number of urea groups is 1. The molecule has 1 aliphatic carbocycles. The molecule has 26 heavy (non-hydrogen) atoms. The van der Waals surface area contributed by atoms with E-state index in [1.807, 2.05) is 38.1 Å². The molecule has 1 aliphatic heterocycles. The van der Waals surface area contributed by atoms with Crippen molar-refractivity contribution in [2.24, 2.45) is 5.92 Å².